The fourth-order valence-electron chi connectivity index (χ4n) is 2.61. The van der Waals surface area contributed by atoms with Crippen LogP contribution in [0.15, 0.2) is 42.9 Å². The molecule has 0 saturated carbocycles. The Balaban J connectivity index is 1.72. The van der Waals surface area contributed by atoms with E-state index in [2.05, 4.69) is 20.4 Å². The average Bonchev–Trinajstić information content (AvgIpc) is 3.12. The number of carbonyl (C=O) groups excluding carboxylic acids is 1. The van der Waals surface area contributed by atoms with Crippen molar-refractivity contribution in [1.29, 1.82) is 0 Å². The van der Waals surface area contributed by atoms with E-state index >= 15 is 0 Å². The fraction of sp³-hybridized carbons (Fsp3) is 0.300. The van der Waals surface area contributed by atoms with Gasteiger partial charge in [0.25, 0.3) is 5.91 Å². The molecule has 0 aliphatic heterocycles. The molecule has 0 aliphatic rings. The molecule has 0 aliphatic carbocycles. The Labute approximate surface area is 168 Å². The van der Waals surface area contributed by atoms with E-state index in [1.165, 1.54) is 24.2 Å². The number of hydrogen-bond donors (Lipinski definition) is 2. The van der Waals surface area contributed by atoms with E-state index in [9.17, 15) is 9.90 Å². The van der Waals surface area contributed by atoms with E-state index in [1.807, 2.05) is 13.8 Å². The first-order valence-corrected chi connectivity index (χ1v) is 9.13. The molecule has 2 N–H and O–H groups in total. The van der Waals surface area contributed by atoms with Gasteiger partial charge in [0.2, 0.25) is 11.8 Å². The summed E-state index contributed by atoms with van der Waals surface area (Å²) < 4.78 is 11.8. The summed E-state index contributed by atoms with van der Waals surface area (Å²) in [5.41, 5.74) is 1.63. The highest BCUT2D eigenvalue weighted by Gasteiger charge is 2.15. The first-order chi connectivity index (χ1) is 14.0. The van der Waals surface area contributed by atoms with Crippen LogP contribution in [0.4, 0.5) is 0 Å². The maximum Gasteiger partial charge on any atom is 0.252 e. The van der Waals surface area contributed by atoms with Crippen molar-refractivity contribution in [2.45, 2.75) is 20.0 Å². The Morgan fingerprint density at radius 1 is 1.24 bits per heavy atom. The lowest BCUT2D eigenvalue weighted by Crippen LogP contribution is -2.28. The van der Waals surface area contributed by atoms with Crippen molar-refractivity contribution < 1.29 is 19.4 Å². The second-order valence-corrected chi connectivity index (χ2v) is 6.46. The summed E-state index contributed by atoms with van der Waals surface area (Å²) in [6.07, 6.45) is 4.67. The van der Waals surface area contributed by atoms with Gasteiger partial charge in [-0.2, -0.15) is 9.78 Å². The summed E-state index contributed by atoms with van der Waals surface area (Å²) >= 11 is 0. The highest BCUT2D eigenvalue weighted by molar-refractivity contribution is 5.93. The molecule has 0 fully saturated rings. The molecule has 29 heavy (non-hydrogen) atoms. The summed E-state index contributed by atoms with van der Waals surface area (Å²) in [5, 5.41) is 17.5. The van der Waals surface area contributed by atoms with Gasteiger partial charge in [-0.25, -0.2) is 9.97 Å². The lowest BCUT2D eigenvalue weighted by Gasteiger charge is -2.09. The molecule has 9 heteroatoms. The van der Waals surface area contributed by atoms with Gasteiger partial charge in [0.05, 0.1) is 37.1 Å². The largest absolute Gasteiger partial charge is 0.493 e. The van der Waals surface area contributed by atoms with Crippen molar-refractivity contribution in [2.24, 2.45) is 0 Å². The molecule has 3 rings (SSSR count). The molecule has 0 bridgehead atoms. The summed E-state index contributed by atoms with van der Waals surface area (Å²) in [7, 11) is 1.52. The molecule has 0 aromatic carbocycles. The van der Waals surface area contributed by atoms with E-state index < -0.39 is 0 Å². The Morgan fingerprint density at radius 2 is 2.07 bits per heavy atom. The number of amides is 1. The first-order valence-electron chi connectivity index (χ1n) is 9.13. The zero-order chi connectivity index (χ0) is 20.8. The number of nitrogens with zero attached hydrogens (tertiary/aromatic N) is 4. The number of methoxy groups -OCH3 is 1. The molecular formula is C20H23N5O4. The van der Waals surface area contributed by atoms with Crippen LogP contribution in [0.2, 0.25) is 0 Å². The highest BCUT2D eigenvalue weighted by Crippen LogP contribution is 2.31. The van der Waals surface area contributed by atoms with E-state index in [4.69, 9.17) is 9.47 Å². The van der Waals surface area contributed by atoms with E-state index in [-0.39, 0.29) is 17.9 Å². The molecular weight excluding hydrogens is 374 g/mol. The Kier molecular flexibility index (Phi) is 6.40. The van der Waals surface area contributed by atoms with Crippen LogP contribution < -0.4 is 10.1 Å². The maximum atomic E-state index is 12.2. The maximum absolute atomic E-state index is 12.2. The summed E-state index contributed by atoms with van der Waals surface area (Å²) in [6.45, 7) is 4.73. The molecule has 3 aromatic heterocycles. The van der Waals surface area contributed by atoms with Crippen LogP contribution in [0.25, 0.3) is 16.9 Å². The van der Waals surface area contributed by atoms with Crippen molar-refractivity contribution in [3.05, 3.63) is 48.4 Å². The van der Waals surface area contributed by atoms with Crippen LogP contribution in [-0.2, 0) is 4.74 Å². The van der Waals surface area contributed by atoms with Crippen molar-refractivity contribution >= 4 is 5.91 Å². The lowest BCUT2D eigenvalue weighted by atomic mass is 10.1. The van der Waals surface area contributed by atoms with E-state index in [1.54, 1.807) is 30.5 Å². The molecule has 1 amide bonds. The average molecular weight is 397 g/mol. The number of aromatic nitrogens is 4. The predicted octanol–water partition coefficient (Wildman–Crippen LogP) is 2.20. The predicted molar refractivity (Wildman–Crippen MR) is 106 cm³/mol. The van der Waals surface area contributed by atoms with Crippen LogP contribution in [0.3, 0.4) is 0 Å². The van der Waals surface area contributed by atoms with Crippen molar-refractivity contribution in [2.75, 3.05) is 20.3 Å². The zero-order valence-electron chi connectivity index (χ0n) is 16.5. The number of rotatable bonds is 8. The lowest BCUT2D eigenvalue weighted by molar-refractivity contribution is 0.0746. The van der Waals surface area contributed by atoms with Crippen molar-refractivity contribution in [1.82, 2.24) is 25.1 Å². The number of carbonyl (C=O) groups is 1. The van der Waals surface area contributed by atoms with Gasteiger partial charge < -0.3 is 19.9 Å². The second-order valence-electron chi connectivity index (χ2n) is 6.46. The first kappa shape index (κ1) is 20.3. The zero-order valence-corrected chi connectivity index (χ0v) is 16.5. The van der Waals surface area contributed by atoms with Gasteiger partial charge in [-0.15, -0.1) is 0 Å². The number of hydrogen-bond acceptors (Lipinski definition) is 7. The van der Waals surface area contributed by atoms with Crippen LogP contribution in [0.1, 0.15) is 24.2 Å². The minimum Gasteiger partial charge on any atom is -0.493 e. The third-order valence-electron chi connectivity index (χ3n) is 4.06. The third-order valence-corrected chi connectivity index (χ3v) is 4.06. The molecule has 3 heterocycles. The van der Waals surface area contributed by atoms with Crippen LogP contribution >= 0.6 is 0 Å². The van der Waals surface area contributed by atoms with Crippen molar-refractivity contribution in [3.63, 3.8) is 0 Å². The molecule has 3 aromatic rings. The Morgan fingerprint density at radius 3 is 2.76 bits per heavy atom. The summed E-state index contributed by atoms with van der Waals surface area (Å²) in [6, 6.07) is 6.68. The summed E-state index contributed by atoms with van der Waals surface area (Å²) in [5.74, 6) is 0.496. The summed E-state index contributed by atoms with van der Waals surface area (Å²) in [4.78, 5) is 20.4. The molecule has 0 saturated heterocycles. The molecule has 0 atom stereocenters. The standard InChI is InChI=1S/C20H23N5O4/c1-13(2)29-9-8-22-19(26)15-4-5-17(23-11-15)25-20(27)16(12-24-25)14-6-7-21-18(10-14)28-3/h4-7,10-13,27H,8-9H2,1-3H3,(H,22,26). The van der Waals surface area contributed by atoms with Gasteiger partial charge in [0, 0.05) is 25.0 Å². The van der Waals surface area contributed by atoms with Crippen LogP contribution in [0.5, 0.6) is 11.8 Å². The second kappa shape index (κ2) is 9.16. The van der Waals surface area contributed by atoms with Gasteiger partial charge in [-0.1, -0.05) is 0 Å². The van der Waals surface area contributed by atoms with Gasteiger partial charge in [0.15, 0.2) is 5.82 Å². The Hall–Kier alpha value is -3.46. The Bertz CT molecular complexity index is 969. The van der Waals surface area contributed by atoms with Gasteiger partial charge in [0.1, 0.15) is 0 Å². The highest BCUT2D eigenvalue weighted by atomic mass is 16.5. The number of nitrogens with one attached hydrogen (secondary N) is 1. The third kappa shape index (κ3) is 4.88. The smallest absolute Gasteiger partial charge is 0.252 e. The fourth-order valence-corrected chi connectivity index (χ4v) is 2.61. The number of aromatic hydroxyl groups is 1. The van der Waals surface area contributed by atoms with E-state index in [0.717, 1.165) is 0 Å². The molecule has 152 valence electrons. The van der Waals surface area contributed by atoms with Crippen molar-refractivity contribution in [3.8, 4) is 28.7 Å². The van der Waals surface area contributed by atoms with Gasteiger partial charge in [-0.3, -0.25) is 4.79 Å². The number of pyridine rings is 2. The molecule has 0 radical (unpaired) electrons. The molecule has 9 nitrogen and oxygen atoms in total. The van der Waals surface area contributed by atoms with E-state index in [0.29, 0.717) is 41.5 Å². The topological polar surface area (TPSA) is 111 Å². The normalized spacial score (nSPS) is 10.9. The van der Waals surface area contributed by atoms with Crippen LogP contribution in [0, 0.1) is 0 Å². The monoisotopic (exact) mass is 397 g/mol. The van der Waals surface area contributed by atoms with Crippen LogP contribution in [-0.4, -0.2) is 57.1 Å². The minimum atomic E-state index is -0.245. The molecule has 0 unspecified atom stereocenters. The quantitative estimate of drug-likeness (QED) is 0.561. The SMILES string of the molecule is COc1cc(-c2cnn(-c3ccc(C(=O)NCCOC(C)C)cn3)c2O)ccn1. The molecule has 0 spiro atoms. The number of ether oxygens (including phenoxy) is 2. The van der Waals surface area contributed by atoms with Gasteiger partial charge >= 0.3 is 0 Å². The minimum absolute atomic E-state index is 0.0752. The van der Waals surface area contributed by atoms with Gasteiger partial charge in [-0.05, 0) is 37.6 Å².